The molecule has 1 aromatic heterocycles. The van der Waals surface area contributed by atoms with Crippen molar-refractivity contribution in [3.8, 4) is 5.75 Å². The average Bonchev–Trinajstić information content (AvgIpc) is 2.86. The minimum absolute atomic E-state index is 0.0678. The first kappa shape index (κ1) is 16.0. The molecule has 2 aromatic rings. The monoisotopic (exact) mass is 433 g/mol. The first-order valence-corrected chi connectivity index (χ1v) is 8.12. The summed E-state index contributed by atoms with van der Waals surface area (Å²) in [5, 5.41) is 13.4. The lowest BCUT2D eigenvalue weighted by molar-refractivity contribution is -0.118. The van der Waals surface area contributed by atoms with E-state index in [0.29, 0.717) is 15.2 Å². The standard InChI is InChI=1S/C13H9Br2NO4S/c14-7-1-2-10(9(15)5-7)20-6-11(17)16-12-8(13(18)19)3-4-21-12/h1-5H,6H2,(H,16,17)(H,18,19). The third kappa shape index (κ3) is 4.29. The highest BCUT2D eigenvalue weighted by atomic mass is 79.9. The molecule has 0 aliphatic carbocycles. The van der Waals surface area contributed by atoms with Gasteiger partial charge in [-0.1, -0.05) is 15.9 Å². The number of ether oxygens (including phenoxy) is 1. The van der Waals surface area contributed by atoms with Gasteiger partial charge in [-0.15, -0.1) is 11.3 Å². The van der Waals surface area contributed by atoms with Crippen LogP contribution in [0.1, 0.15) is 10.4 Å². The zero-order chi connectivity index (χ0) is 15.4. The van der Waals surface area contributed by atoms with Crippen LogP contribution < -0.4 is 10.1 Å². The molecule has 0 unspecified atom stereocenters. The number of benzene rings is 1. The molecule has 0 radical (unpaired) electrons. The lowest BCUT2D eigenvalue weighted by Crippen LogP contribution is -2.20. The number of halogens is 2. The number of rotatable bonds is 5. The summed E-state index contributed by atoms with van der Waals surface area (Å²) < 4.78 is 6.98. The van der Waals surface area contributed by atoms with E-state index in [0.717, 1.165) is 15.8 Å². The molecule has 5 nitrogen and oxygen atoms in total. The molecule has 0 aliphatic heterocycles. The minimum atomic E-state index is -1.08. The molecule has 0 spiro atoms. The van der Waals surface area contributed by atoms with Crippen molar-refractivity contribution in [1.29, 1.82) is 0 Å². The Morgan fingerprint density at radius 2 is 2.05 bits per heavy atom. The molecule has 2 N–H and O–H groups in total. The van der Waals surface area contributed by atoms with Crippen LogP contribution in [-0.4, -0.2) is 23.6 Å². The minimum Gasteiger partial charge on any atom is -0.483 e. The van der Waals surface area contributed by atoms with Gasteiger partial charge in [-0.3, -0.25) is 4.79 Å². The van der Waals surface area contributed by atoms with Crippen LogP contribution in [0.5, 0.6) is 5.75 Å². The van der Waals surface area contributed by atoms with Gasteiger partial charge in [-0.2, -0.15) is 0 Å². The van der Waals surface area contributed by atoms with E-state index in [1.807, 2.05) is 0 Å². The fourth-order valence-corrected chi connectivity index (χ4v) is 3.43. The van der Waals surface area contributed by atoms with Gasteiger partial charge in [0, 0.05) is 4.47 Å². The summed E-state index contributed by atoms with van der Waals surface area (Å²) >= 11 is 7.79. The van der Waals surface area contributed by atoms with Crippen LogP contribution in [0.4, 0.5) is 5.00 Å². The number of anilines is 1. The highest BCUT2D eigenvalue weighted by Gasteiger charge is 2.14. The number of aromatic carboxylic acids is 1. The van der Waals surface area contributed by atoms with E-state index in [-0.39, 0.29) is 12.2 Å². The number of nitrogens with one attached hydrogen (secondary N) is 1. The van der Waals surface area contributed by atoms with E-state index in [4.69, 9.17) is 9.84 Å². The van der Waals surface area contributed by atoms with Crippen LogP contribution in [-0.2, 0) is 4.79 Å². The van der Waals surface area contributed by atoms with Gasteiger partial charge >= 0.3 is 5.97 Å². The zero-order valence-electron chi connectivity index (χ0n) is 10.4. The summed E-state index contributed by atoms with van der Waals surface area (Å²) in [6.45, 7) is -0.211. The Balaban J connectivity index is 1.96. The number of thiophene rings is 1. The van der Waals surface area contributed by atoms with Crippen LogP contribution in [0.3, 0.4) is 0 Å². The quantitative estimate of drug-likeness (QED) is 0.745. The molecule has 110 valence electrons. The third-order valence-corrected chi connectivity index (χ3v) is 4.34. The van der Waals surface area contributed by atoms with Crippen LogP contribution >= 0.6 is 43.2 Å². The summed E-state index contributed by atoms with van der Waals surface area (Å²) in [7, 11) is 0. The maximum Gasteiger partial charge on any atom is 0.338 e. The number of carbonyl (C=O) groups excluding carboxylic acids is 1. The van der Waals surface area contributed by atoms with E-state index in [9.17, 15) is 9.59 Å². The molecule has 1 aromatic carbocycles. The molecule has 0 saturated heterocycles. The number of carbonyl (C=O) groups is 2. The number of hydrogen-bond donors (Lipinski definition) is 2. The van der Waals surface area contributed by atoms with Crippen molar-refractivity contribution in [3.63, 3.8) is 0 Å². The van der Waals surface area contributed by atoms with E-state index < -0.39 is 11.9 Å². The molecular formula is C13H9Br2NO4S. The third-order valence-electron chi connectivity index (χ3n) is 2.40. The lowest BCUT2D eigenvalue weighted by atomic mass is 10.3. The van der Waals surface area contributed by atoms with Crippen LogP contribution in [0, 0.1) is 0 Å². The number of carboxylic acid groups (broad SMARTS) is 1. The van der Waals surface area contributed by atoms with Gasteiger partial charge in [0.1, 0.15) is 10.8 Å². The van der Waals surface area contributed by atoms with Crippen LogP contribution in [0.15, 0.2) is 38.6 Å². The highest BCUT2D eigenvalue weighted by Crippen LogP contribution is 2.28. The van der Waals surface area contributed by atoms with Crippen LogP contribution in [0.2, 0.25) is 0 Å². The van der Waals surface area contributed by atoms with Gasteiger partial charge in [0.15, 0.2) is 6.61 Å². The normalized spacial score (nSPS) is 10.2. The molecule has 0 bridgehead atoms. The van der Waals surface area contributed by atoms with Crippen LogP contribution in [0.25, 0.3) is 0 Å². The zero-order valence-corrected chi connectivity index (χ0v) is 14.4. The smallest absolute Gasteiger partial charge is 0.338 e. The molecule has 0 atom stereocenters. The summed E-state index contributed by atoms with van der Waals surface area (Å²) in [5.74, 6) is -0.976. The molecule has 1 amide bonds. The van der Waals surface area contributed by atoms with Crippen molar-refractivity contribution < 1.29 is 19.4 Å². The van der Waals surface area contributed by atoms with Gasteiger partial charge in [-0.25, -0.2) is 4.79 Å². The van der Waals surface area contributed by atoms with Gasteiger partial charge in [0.05, 0.1) is 10.0 Å². The van der Waals surface area contributed by atoms with E-state index in [1.54, 1.807) is 23.6 Å². The molecule has 1 heterocycles. The van der Waals surface area contributed by atoms with Crippen molar-refractivity contribution in [2.45, 2.75) is 0 Å². The molecule has 2 rings (SSSR count). The van der Waals surface area contributed by atoms with Gasteiger partial charge in [0.25, 0.3) is 5.91 Å². The first-order valence-electron chi connectivity index (χ1n) is 5.66. The van der Waals surface area contributed by atoms with Crippen molar-refractivity contribution in [2.75, 3.05) is 11.9 Å². The number of hydrogen-bond acceptors (Lipinski definition) is 4. The number of amides is 1. The van der Waals surface area contributed by atoms with Gasteiger partial charge in [0.2, 0.25) is 0 Å². The molecule has 8 heteroatoms. The van der Waals surface area contributed by atoms with Crippen molar-refractivity contribution >= 4 is 60.1 Å². The SMILES string of the molecule is O=C(COc1ccc(Br)cc1Br)Nc1sccc1C(=O)O. The van der Waals surface area contributed by atoms with E-state index >= 15 is 0 Å². The molecular weight excluding hydrogens is 426 g/mol. The Morgan fingerprint density at radius 1 is 1.29 bits per heavy atom. The van der Waals surface area contributed by atoms with Crippen molar-refractivity contribution in [3.05, 3.63) is 44.2 Å². The Kier molecular flexibility index (Phi) is 5.38. The summed E-state index contributed by atoms with van der Waals surface area (Å²) in [6.07, 6.45) is 0. The van der Waals surface area contributed by atoms with Crippen molar-refractivity contribution in [2.24, 2.45) is 0 Å². The van der Waals surface area contributed by atoms with E-state index in [2.05, 4.69) is 37.2 Å². The Morgan fingerprint density at radius 3 is 2.71 bits per heavy atom. The topological polar surface area (TPSA) is 75.6 Å². The maximum atomic E-state index is 11.8. The second-order valence-electron chi connectivity index (χ2n) is 3.88. The average molecular weight is 435 g/mol. The van der Waals surface area contributed by atoms with Gasteiger partial charge in [-0.05, 0) is 45.6 Å². The summed E-state index contributed by atoms with van der Waals surface area (Å²) in [6, 6.07) is 6.75. The highest BCUT2D eigenvalue weighted by molar-refractivity contribution is 9.11. The fourth-order valence-electron chi connectivity index (χ4n) is 1.47. The predicted octanol–water partition coefficient (Wildman–Crippen LogP) is 3.99. The predicted molar refractivity (Wildman–Crippen MR) is 87.2 cm³/mol. The molecule has 0 fully saturated rings. The summed E-state index contributed by atoms with van der Waals surface area (Å²) in [5.41, 5.74) is 0.0678. The maximum absolute atomic E-state index is 11.8. The lowest BCUT2D eigenvalue weighted by Gasteiger charge is -2.08. The van der Waals surface area contributed by atoms with Gasteiger partial charge < -0.3 is 15.2 Å². The first-order chi connectivity index (χ1) is 9.97. The second kappa shape index (κ2) is 7.06. The van der Waals surface area contributed by atoms with E-state index in [1.165, 1.54) is 6.07 Å². The molecule has 21 heavy (non-hydrogen) atoms. The molecule has 0 aliphatic rings. The summed E-state index contributed by atoms with van der Waals surface area (Å²) in [4.78, 5) is 22.7. The Labute approximate surface area is 141 Å². The Hall–Kier alpha value is -1.38. The largest absolute Gasteiger partial charge is 0.483 e. The second-order valence-corrected chi connectivity index (χ2v) is 6.57. The molecule has 0 saturated carbocycles. The number of carboxylic acids is 1. The fraction of sp³-hybridized carbons (Fsp3) is 0.0769. The van der Waals surface area contributed by atoms with Crippen molar-refractivity contribution in [1.82, 2.24) is 0 Å². The Bertz CT molecular complexity index is 687.